The molecule has 0 radical (unpaired) electrons. The number of nitrogens with zero attached hydrogens (tertiary/aromatic N) is 3. The predicted molar refractivity (Wildman–Crippen MR) is 79.1 cm³/mol. The number of aromatic nitrogens is 2. The van der Waals surface area contributed by atoms with Crippen molar-refractivity contribution in [3.8, 4) is 0 Å². The van der Waals surface area contributed by atoms with Crippen molar-refractivity contribution in [2.75, 3.05) is 23.7 Å². The fourth-order valence-corrected chi connectivity index (χ4v) is 2.84. The molecule has 2 N–H and O–H groups in total. The second kappa shape index (κ2) is 4.68. The Bertz CT molecular complexity index is 594. The van der Waals surface area contributed by atoms with Crippen LogP contribution in [0.15, 0.2) is 24.5 Å². The normalized spacial score (nSPS) is 19.5. The maximum absolute atomic E-state index is 5.89. The van der Waals surface area contributed by atoms with Gasteiger partial charge in [0.15, 0.2) is 0 Å². The van der Waals surface area contributed by atoms with E-state index >= 15 is 0 Å². The quantitative estimate of drug-likeness (QED) is 0.839. The van der Waals surface area contributed by atoms with Crippen molar-refractivity contribution in [1.82, 2.24) is 9.97 Å². The van der Waals surface area contributed by atoms with Gasteiger partial charge in [-0.3, -0.25) is 0 Å². The molecule has 2 aromatic rings. The highest BCUT2D eigenvalue weighted by atomic mass is 15.2. The molecule has 4 heteroatoms. The van der Waals surface area contributed by atoms with Gasteiger partial charge in [-0.05, 0) is 36.5 Å². The lowest BCUT2D eigenvalue weighted by Crippen LogP contribution is -2.22. The van der Waals surface area contributed by atoms with E-state index in [1.807, 2.05) is 18.2 Å². The summed E-state index contributed by atoms with van der Waals surface area (Å²) in [5.74, 6) is 2.51. The molecule has 2 heterocycles. The number of anilines is 2. The van der Waals surface area contributed by atoms with Gasteiger partial charge in [0.2, 0.25) is 0 Å². The molecule has 1 saturated heterocycles. The second-order valence-electron chi connectivity index (χ2n) is 5.71. The number of hydrogen-bond acceptors (Lipinski definition) is 4. The van der Waals surface area contributed by atoms with Gasteiger partial charge in [-0.2, -0.15) is 0 Å². The third kappa shape index (κ3) is 2.23. The monoisotopic (exact) mass is 256 g/mol. The van der Waals surface area contributed by atoms with Crippen molar-refractivity contribution in [2.45, 2.75) is 20.3 Å². The first-order valence-corrected chi connectivity index (χ1v) is 6.90. The highest BCUT2D eigenvalue weighted by Gasteiger charge is 2.26. The van der Waals surface area contributed by atoms with Gasteiger partial charge in [-0.1, -0.05) is 13.8 Å². The third-order valence-electron chi connectivity index (χ3n) is 4.11. The van der Waals surface area contributed by atoms with Crippen LogP contribution in [0.4, 0.5) is 11.5 Å². The van der Waals surface area contributed by atoms with E-state index in [0.29, 0.717) is 0 Å². The molecule has 1 aliphatic rings. The standard InChI is InChI=1S/C15H20N4/c1-10(2)11-5-6-19(8-11)15-13-7-12(16)3-4-14(13)17-9-18-15/h3-4,7,9-11H,5-6,8,16H2,1-2H3. The van der Waals surface area contributed by atoms with Crippen LogP contribution in [-0.2, 0) is 0 Å². The lowest BCUT2D eigenvalue weighted by atomic mass is 9.95. The number of nitrogens with two attached hydrogens (primary N) is 1. The highest BCUT2D eigenvalue weighted by molar-refractivity contribution is 5.91. The van der Waals surface area contributed by atoms with Gasteiger partial charge in [0.05, 0.1) is 5.52 Å². The summed E-state index contributed by atoms with van der Waals surface area (Å²) >= 11 is 0. The molecule has 1 aromatic heterocycles. The van der Waals surface area contributed by atoms with Crippen LogP contribution in [0.2, 0.25) is 0 Å². The smallest absolute Gasteiger partial charge is 0.139 e. The Kier molecular flexibility index (Phi) is 3.01. The first-order valence-electron chi connectivity index (χ1n) is 6.90. The molecule has 1 aliphatic heterocycles. The molecule has 4 nitrogen and oxygen atoms in total. The number of nitrogen functional groups attached to an aromatic ring is 1. The zero-order valence-corrected chi connectivity index (χ0v) is 11.5. The lowest BCUT2D eigenvalue weighted by Gasteiger charge is -2.20. The fraction of sp³-hybridized carbons (Fsp3) is 0.467. The number of benzene rings is 1. The number of rotatable bonds is 2. The molecule has 1 unspecified atom stereocenters. The van der Waals surface area contributed by atoms with Crippen LogP contribution in [0.3, 0.4) is 0 Å². The van der Waals surface area contributed by atoms with Crippen molar-refractivity contribution in [2.24, 2.45) is 11.8 Å². The van der Waals surface area contributed by atoms with Crippen molar-refractivity contribution in [3.63, 3.8) is 0 Å². The van der Waals surface area contributed by atoms with E-state index in [2.05, 4.69) is 28.7 Å². The maximum atomic E-state index is 5.89. The van der Waals surface area contributed by atoms with Crippen LogP contribution in [0, 0.1) is 11.8 Å². The average molecular weight is 256 g/mol. The summed E-state index contributed by atoms with van der Waals surface area (Å²) < 4.78 is 0. The van der Waals surface area contributed by atoms with Crippen LogP contribution in [-0.4, -0.2) is 23.1 Å². The van der Waals surface area contributed by atoms with Gasteiger partial charge >= 0.3 is 0 Å². The van der Waals surface area contributed by atoms with Crippen LogP contribution in [0.25, 0.3) is 10.9 Å². The minimum absolute atomic E-state index is 0.725. The van der Waals surface area contributed by atoms with Crippen molar-refractivity contribution >= 4 is 22.4 Å². The van der Waals surface area contributed by atoms with Gasteiger partial charge in [-0.25, -0.2) is 9.97 Å². The number of fused-ring (bicyclic) bond motifs is 1. The van der Waals surface area contributed by atoms with Gasteiger partial charge in [0.1, 0.15) is 12.1 Å². The van der Waals surface area contributed by atoms with Gasteiger partial charge in [0, 0.05) is 24.2 Å². The Morgan fingerprint density at radius 1 is 1.32 bits per heavy atom. The summed E-state index contributed by atoms with van der Waals surface area (Å²) in [7, 11) is 0. The van der Waals surface area contributed by atoms with Crippen molar-refractivity contribution in [3.05, 3.63) is 24.5 Å². The van der Waals surface area contributed by atoms with Crippen LogP contribution in [0.1, 0.15) is 20.3 Å². The molecule has 3 rings (SSSR count). The Balaban J connectivity index is 1.99. The van der Waals surface area contributed by atoms with E-state index in [1.54, 1.807) is 6.33 Å². The molecule has 0 bridgehead atoms. The lowest BCUT2D eigenvalue weighted by molar-refractivity contribution is 0.422. The summed E-state index contributed by atoms with van der Waals surface area (Å²) in [6.07, 6.45) is 2.89. The zero-order valence-electron chi connectivity index (χ0n) is 11.5. The van der Waals surface area contributed by atoms with Gasteiger partial charge in [-0.15, -0.1) is 0 Å². The summed E-state index contributed by atoms with van der Waals surface area (Å²) in [6.45, 7) is 6.75. The highest BCUT2D eigenvalue weighted by Crippen LogP contribution is 2.31. The summed E-state index contributed by atoms with van der Waals surface area (Å²) in [4.78, 5) is 11.2. The first-order chi connectivity index (χ1) is 9.15. The molecule has 0 saturated carbocycles. The molecule has 100 valence electrons. The Hall–Kier alpha value is -1.84. The average Bonchev–Trinajstić information content (AvgIpc) is 2.87. The summed E-state index contributed by atoms with van der Waals surface area (Å²) in [5.41, 5.74) is 7.62. The van der Waals surface area contributed by atoms with Crippen LogP contribution < -0.4 is 10.6 Å². The summed E-state index contributed by atoms with van der Waals surface area (Å²) in [5, 5.41) is 1.06. The van der Waals surface area contributed by atoms with E-state index in [-0.39, 0.29) is 0 Å². The van der Waals surface area contributed by atoms with Crippen molar-refractivity contribution in [1.29, 1.82) is 0 Å². The van der Waals surface area contributed by atoms with E-state index in [0.717, 1.165) is 47.3 Å². The van der Waals surface area contributed by atoms with Gasteiger partial charge in [0.25, 0.3) is 0 Å². The van der Waals surface area contributed by atoms with Crippen LogP contribution in [0.5, 0.6) is 0 Å². The van der Waals surface area contributed by atoms with Crippen LogP contribution >= 0.6 is 0 Å². The SMILES string of the molecule is CC(C)C1CCN(c2ncnc3ccc(N)cc23)C1. The molecule has 1 fully saturated rings. The first kappa shape index (κ1) is 12.2. The minimum Gasteiger partial charge on any atom is -0.399 e. The number of hydrogen-bond donors (Lipinski definition) is 1. The van der Waals surface area contributed by atoms with E-state index < -0.39 is 0 Å². The Morgan fingerprint density at radius 2 is 2.16 bits per heavy atom. The maximum Gasteiger partial charge on any atom is 0.139 e. The topological polar surface area (TPSA) is 55.0 Å². The largest absolute Gasteiger partial charge is 0.399 e. The predicted octanol–water partition coefficient (Wildman–Crippen LogP) is 2.69. The summed E-state index contributed by atoms with van der Waals surface area (Å²) in [6, 6.07) is 5.83. The van der Waals surface area contributed by atoms with E-state index in [9.17, 15) is 0 Å². The Labute approximate surface area is 113 Å². The third-order valence-corrected chi connectivity index (χ3v) is 4.11. The second-order valence-corrected chi connectivity index (χ2v) is 5.71. The Morgan fingerprint density at radius 3 is 2.89 bits per heavy atom. The molecule has 1 atom stereocenters. The van der Waals surface area contributed by atoms with Gasteiger partial charge < -0.3 is 10.6 Å². The minimum atomic E-state index is 0.725. The zero-order chi connectivity index (χ0) is 13.4. The molecule has 1 aromatic carbocycles. The fourth-order valence-electron chi connectivity index (χ4n) is 2.84. The van der Waals surface area contributed by atoms with E-state index in [1.165, 1.54) is 6.42 Å². The molecule has 19 heavy (non-hydrogen) atoms. The van der Waals surface area contributed by atoms with E-state index in [4.69, 9.17) is 5.73 Å². The molecular weight excluding hydrogens is 236 g/mol. The molecule has 0 spiro atoms. The van der Waals surface area contributed by atoms with Crippen molar-refractivity contribution < 1.29 is 0 Å². The molecular formula is C15H20N4. The molecule has 0 aliphatic carbocycles. The molecule has 0 amide bonds.